The Bertz CT molecular complexity index is 831. The Morgan fingerprint density at radius 1 is 0.625 bits per heavy atom. The average molecular weight is 355 g/mol. The van der Waals surface area contributed by atoms with Crippen LogP contribution in [0.3, 0.4) is 0 Å². The summed E-state index contributed by atoms with van der Waals surface area (Å²) in [7, 11) is -2.77. The Labute approximate surface area is 146 Å². The highest BCUT2D eigenvalue weighted by molar-refractivity contribution is 7.85. The summed E-state index contributed by atoms with van der Waals surface area (Å²) >= 11 is 0. The maximum Gasteiger partial charge on any atom is 0.133 e. The van der Waals surface area contributed by atoms with Gasteiger partial charge in [-0.05, 0) is 50.2 Å². The number of hydrogen-bond donors (Lipinski definition) is 0. The van der Waals surface area contributed by atoms with Crippen molar-refractivity contribution in [3.63, 3.8) is 0 Å². The van der Waals surface area contributed by atoms with Crippen LogP contribution in [0.25, 0.3) is 0 Å². The predicted octanol–water partition coefficient (Wildman–Crippen LogP) is 4.03. The van der Waals surface area contributed by atoms with Crippen LogP contribution < -0.4 is 0 Å². The van der Waals surface area contributed by atoms with Gasteiger partial charge in [0.25, 0.3) is 0 Å². The standard InChI is InChI=1S/C19H17NO2S2/c1-14-6-10-16(11-7-14)23(21)18-4-3-5-19(20-18)24(22)17-12-8-15(2)9-13-17/h3-13H,1-2H3. The molecule has 24 heavy (non-hydrogen) atoms. The molecule has 0 fully saturated rings. The number of aromatic nitrogens is 1. The molecule has 2 aromatic carbocycles. The van der Waals surface area contributed by atoms with Crippen LogP contribution in [-0.4, -0.2) is 13.4 Å². The van der Waals surface area contributed by atoms with Crippen LogP contribution in [0.15, 0.2) is 86.6 Å². The summed E-state index contributed by atoms with van der Waals surface area (Å²) in [5, 5.41) is 0.827. The Morgan fingerprint density at radius 3 is 1.38 bits per heavy atom. The number of pyridine rings is 1. The van der Waals surface area contributed by atoms with Crippen LogP contribution in [0, 0.1) is 13.8 Å². The van der Waals surface area contributed by atoms with Crippen molar-refractivity contribution >= 4 is 21.6 Å². The van der Waals surface area contributed by atoms with Gasteiger partial charge in [0.15, 0.2) is 0 Å². The van der Waals surface area contributed by atoms with Crippen LogP contribution in [-0.2, 0) is 21.6 Å². The minimum Gasteiger partial charge on any atom is -0.247 e. The molecule has 0 bridgehead atoms. The fraction of sp³-hybridized carbons (Fsp3) is 0.105. The third-order valence-corrected chi connectivity index (χ3v) is 6.16. The number of rotatable bonds is 4. The van der Waals surface area contributed by atoms with Gasteiger partial charge in [-0.1, -0.05) is 41.5 Å². The highest BCUT2D eigenvalue weighted by Gasteiger charge is 2.13. The average Bonchev–Trinajstić information content (AvgIpc) is 2.62. The van der Waals surface area contributed by atoms with Gasteiger partial charge in [0.1, 0.15) is 31.7 Å². The molecule has 2 unspecified atom stereocenters. The highest BCUT2D eigenvalue weighted by Crippen LogP contribution is 2.19. The zero-order chi connectivity index (χ0) is 17.1. The van der Waals surface area contributed by atoms with E-state index in [1.165, 1.54) is 0 Å². The molecule has 0 saturated heterocycles. The second-order valence-electron chi connectivity index (χ2n) is 5.48. The first-order valence-corrected chi connectivity index (χ1v) is 9.78. The van der Waals surface area contributed by atoms with E-state index in [9.17, 15) is 8.42 Å². The topological polar surface area (TPSA) is 47.0 Å². The van der Waals surface area contributed by atoms with E-state index in [0.717, 1.165) is 11.1 Å². The number of aryl methyl sites for hydroxylation is 2. The van der Waals surface area contributed by atoms with Crippen molar-refractivity contribution in [3.05, 3.63) is 77.9 Å². The van der Waals surface area contributed by atoms with Crippen molar-refractivity contribution in [1.29, 1.82) is 0 Å². The SMILES string of the molecule is Cc1ccc(S(=O)c2cccc(S(=O)c3ccc(C)cc3)n2)cc1. The highest BCUT2D eigenvalue weighted by atomic mass is 32.2. The van der Waals surface area contributed by atoms with Gasteiger partial charge in [0.05, 0.1) is 0 Å². The predicted molar refractivity (Wildman–Crippen MR) is 95.9 cm³/mol. The molecular formula is C19H17NO2S2. The molecule has 0 radical (unpaired) electrons. The summed E-state index contributed by atoms with van der Waals surface area (Å²) < 4.78 is 25.3. The summed E-state index contributed by atoms with van der Waals surface area (Å²) in [4.78, 5) is 5.74. The molecular weight excluding hydrogens is 338 g/mol. The summed E-state index contributed by atoms with van der Waals surface area (Å²) in [6.45, 7) is 3.96. The third-order valence-electron chi connectivity index (χ3n) is 3.55. The molecule has 3 nitrogen and oxygen atoms in total. The lowest BCUT2D eigenvalue weighted by atomic mass is 10.2. The van der Waals surface area contributed by atoms with Gasteiger partial charge in [-0.2, -0.15) is 0 Å². The normalized spacial score (nSPS) is 13.4. The minimum atomic E-state index is -1.39. The van der Waals surface area contributed by atoms with Crippen molar-refractivity contribution in [2.45, 2.75) is 33.7 Å². The van der Waals surface area contributed by atoms with E-state index in [2.05, 4.69) is 4.98 Å². The Hall–Kier alpha value is -2.11. The molecule has 3 rings (SSSR count). The van der Waals surface area contributed by atoms with Crippen molar-refractivity contribution in [3.8, 4) is 0 Å². The van der Waals surface area contributed by atoms with E-state index >= 15 is 0 Å². The second kappa shape index (κ2) is 7.20. The molecule has 3 aromatic rings. The van der Waals surface area contributed by atoms with Gasteiger partial charge in [-0.15, -0.1) is 0 Å². The monoisotopic (exact) mass is 355 g/mol. The fourth-order valence-corrected chi connectivity index (χ4v) is 4.24. The molecule has 0 spiro atoms. The van der Waals surface area contributed by atoms with Crippen molar-refractivity contribution in [1.82, 2.24) is 4.98 Å². The van der Waals surface area contributed by atoms with Crippen LogP contribution in [0.2, 0.25) is 0 Å². The molecule has 122 valence electrons. The van der Waals surface area contributed by atoms with E-state index in [0.29, 0.717) is 19.8 Å². The molecule has 5 heteroatoms. The molecule has 1 heterocycles. The summed E-state index contributed by atoms with van der Waals surface area (Å²) in [6, 6.07) is 20.1. The van der Waals surface area contributed by atoms with E-state index in [1.54, 1.807) is 18.2 Å². The third kappa shape index (κ3) is 3.68. The van der Waals surface area contributed by atoms with E-state index in [1.807, 2.05) is 62.4 Å². The molecule has 1 aromatic heterocycles. The molecule has 0 N–H and O–H groups in total. The molecule has 0 aliphatic rings. The Balaban J connectivity index is 1.91. The van der Waals surface area contributed by atoms with Crippen LogP contribution in [0.1, 0.15) is 11.1 Å². The van der Waals surface area contributed by atoms with Crippen LogP contribution >= 0.6 is 0 Å². The van der Waals surface area contributed by atoms with Gasteiger partial charge in [-0.25, -0.2) is 13.4 Å². The van der Waals surface area contributed by atoms with Crippen LogP contribution in [0.5, 0.6) is 0 Å². The number of benzene rings is 2. The zero-order valence-electron chi connectivity index (χ0n) is 13.4. The minimum absolute atomic E-state index is 0.414. The van der Waals surface area contributed by atoms with E-state index in [-0.39, 0.29) is 0 Å². The van der Waals surface area contributed by atoms with Gasteiger partial charge in [0, 0.05) is 9.79 Å². The van der Waals surface area contributed by atoms with Gasteiger partial charge < -0.3 is 0 Å². The van der Waals surface area contributed by atoms with Gasteiger partial charge >= 0.3 is 0 Å². The van der Waals surface area contributed by atoms with E-state index in [4.69, 9.17) is 0 Å². The summed E-state index contributed by atoms with van der Waals surface area (Å²) in [5.74, 6) is 0. The lowest BCUT2D eigenvalue weighted by Gasteiger charge is -2.06. The molecule has 2 atom stereocenters. The lowest BCUT2D eigenvalue weighted by molar-refractivity contribution is 0.674. The summed E-state index contributed by atoms with van der Waals surface area (Å²) in [5.41, 5.74) is 2.22. The van der Waals surface area contributed by atoms with Crippen molar-refractivity contribution < 1.29 is 8.42 Å². The van der Waals surface area contributed by atoms with Gasteiger partial charge in [0.2, 0.25) is 0 Å². The Morgan fingerprint density at radius 2 is 1.00 bits per heavy atom. The first-order valence-electron chi connectivity index (χ1n) is 7.48. The quantitative estimate of drug-likeness (QED) is 0.710. The fourth-order valence-electron chi connectivity index (χ4n) is 2.17. The van der Waals surface area contributed by atoms with Crippen LogP contribution in [0.4, 0.5) is 0 Å². The summed E-state index contributed by atoms with van der Waals surface area (Å²) in [6.07, 6.45) is 0. The molecule has 0 aliphatic carbocycles. The zero-order valence-corrected chi connectivity index (χ0v) is 15.1. The first-order chi connectivity index (χ1) is 11.5. The maximum atomic E-state index is 12.7. The lowest BCUT2D eigenvalue weighted by Crippen LogP contribution is -2.01. The van der Waals surface area contributed by atoms with E-state index < -0.39 is 21.6 Å². The second-order valence-corrected chi connectivity index (χ2v) is 8.33. The van der Waals surface area contributed by atoms with Crippen molar-refractivity contribution in [2.24, 2.45) is 0 Å². The maximum absolute atomic E-state index is 12.7. The smallest absolute Gasteiger partial charge is 0.133 e. The molecule has 0 aliphatic heterocycles. The largest absolute Gasteiger partial charge is 0.247 e. The first kappa shape index (κ1) is 16.7. The number of nitrogens with zero attached hydrogens (tertiary/aromatic N) is 1. The van der Waals surface area contributed by atoms with Crippen molar-refractivity contribution in [2.75, 3.05) is 0 Å². The molecule has 0 saturated carbocycles. The van der Waals surface area contributed by atoms with Gasteiger partial charge in [-0.3, -0.25) is 0 Å². The molecule has 0 amide bonds. The number of hydrogen-bond acceptors (Lipinski definition) is 3. The Kier molecular flexibility index (Phi) is 5.02.